The molecule has 2 unspecified atom stereocenters. The summed E-state index contributed by atoms with van der Waals surface area (Å²) in [6.07, 6.45) is 3.59. The lowest BCUT2D eigenvalue weighted by Gasteiger charge is -2.43. The number of hydrogen-bond donors (Lipinski definition) is 3. The number of phenolic OH excluding ortho intramolecular Hbond substituents is 1. The van der Waals surface area contributed by atoms with E-state index in [1.807, 2.05) is 6.92 Å². The molecule has 8 nitrogen and oxygen atoms in total. The van der Waals surface area contributed by atoms with E-state index in [1.165, 1.54) is 12.1 Å². The maximum Gasteiger partial charge on any atom is 0.408 e. The Bertz CT molecular complexity index is 801. The van der Waals surface area contributed by atoms with Crippen molar-refractivity contribution in [2.45, 2.75) is 90.4 Å². The topological polar surface area (TPSA) is 108 Å². The van der Waals surface area contributed by atoms with Crippen molar-refractivity contribution < 1.29 is 24.2 Å². The van der Waals surface area contributed by atoms with Gasteiger partial charge in [0, 0.05) is 12.6 Å². The number of alkyl carbamates (subject to hydrolysis) is 1. The highest BCUT2D eigenvalue weighted by Gasteiger charge is 2.40. The lowest BCUT2D eigenvalue weighted by molar-refractivity contribution is -0.147. The maximum atomic E-state index is 13.5. The number of nitrogens with zero attached hydrogens (tertiary/aromatic N) is 1. The van der Waals surface area contributed by atoms with Crippen LogP contribution in [0.1, 0.15) is 78.3 Å². The lowest BCUT2D eigenvalue weighted by atomic mass is 9.88. The van der Waals surface area contributed by atoms with Gasteiger partial charge in [0.1, 0.15) is 23.4 Å². The van der Waals surface area contributed by atoms with Crippen LogP contribution in [-0.4, -0.2) is 52.1 Å². The van der Waals surface area contributed by atoms with Crippen LogP contribution < -0.4 is 10.6 Å². The van der Waals surface area contributed by atoms with Crippen LogP contribution >= 0.6 is 0 Å². The van der Waals surface area contributed by atoms with E-state index in [-0.39, 0.29) is 23.6 Å². The lowest BCUT2D eigenvalue weighted by Crippen LogP contribution is -2.56. The van der Waals surface area contributed by atoms with Gasteiger partial charge in [0.2, 0.25) is 11.8 Å². The number of amides is 3. The van der Waals surface area contributed by atoms with Crippen molar-refractivity contribution >= 4 is 17.9 Å². The smallest absolute Gasteiger partial charge is 0.408 e. The molecule has 0 aliphatic heterocycles. The van der Waals surface area contributed by atoms with E-state index in [0.29, 0.717) is 12.1 Å². The van der Waals surface area contributed by atoms with Crippen LogP contribution in [0, 0.1) is 0 Å². The Kier molecular flexibility index (Phi) is 8.92. The number of carbonyl (C=O) groups excluding carboxylic acids is 3. The average molecular weight is 448 g/mol. The van der Waals surface area contributed by atoms with Gasteiger partial charge >= 0.3 is 6.09 Å². The van der Waals surface area contributed by atoms with Crippen LogP contribution in [-0.2, 0) is 14.3 Å². The normalized spacial score (nSPS) is 15.8. The molecule has 0 radical (unpaired) electrons. The molecule has 178 valence electrons. The molecule has 1 fully saturated rings. The molecule has 3 N–H and O–H groups in total. The molecular weight excluding hydrogens is 410 g/mol. The molecule has 1 aromatic rings. The van der Waals surface area contributed by atoms with Gasteiger partial charge in [-0.05, 0) is 71.1 Å². The van der Waals surface area contributed by atoms with Gasteiger partial charge in [-0.15, -0.1) is 0 Å². The Morgan fingerprint density at radius 3 is 2.47 bits per heavy atom. The highest BCUT2D eigenvalue weighted by Crippen LogP contribution is 2.34. The van der Waals surface area contributed by atoms with Crippen LogP contribution in [0.5, 0.6) is 5.75 Å². The van der Waals surface area contributed by atoms with Gasteiger partial charge < -0.3 is 25.4 Å². The molecule has 3 amide bonds. The molecule has 1 aromatic carbocycles. The quantitative estimate of drug-likeness (QED) is 0.501. The molecule has 8 heteroatoms. The second-order valence-corrected chi connectivity index (χ2v) is 9.34. The van der Waals surface area contributed by atoms with E-state index in [2.05, 4.69) is 10.6 Å². The number of unbranched alkanes of at least 4 members (excludes halogenated alkanes) is 1. The zero-order valence-corrected chi connectivity index (χ0v) is 19.8. The summed E-state index contributed by atoms with van der Waals surface area (Å²) in [6, 6.07) is 4.52. The Labute approximate surface area is 190 Å². The highest BCUT2D eigenvalue weighted by atomic mass is 16.6. The summed E-state index contributed by atoms with van der Waals surface area (Å²) in [6.45, 7) is 9.37. The summed E-state index contributed by atoms with van der Waals surface area (Å²) >= 11 is 0. The largest absolute Gasteiger partial charge is 0.508 e. The van der Waals surface area contributed by atoms with E-state index >= 15 is 0 Å². The van der Waals surface area contributed by atoms with Gasteiger partial charge in [-0.25, -0.2) is 4.79 Å². The van der Waals surface area contributed by atoms with Crippen LogP contribution in [0.15, 0.2) is 24.3 Å². The summed E-state index contributed by atoms with van der Waals surface area (Å²) in [7, 11) is 0. The van der Waals surface area contributed by atoms with E-state index < -0.39 is 23.8 Å². The minimum atomic E-state index is -0.903. The summed E-state index contributed by atoms with van der Waals surface area (Å²) in [5.41, 5.74) is -0.159. The standard InChI is InChI=1S/C24H37N3O5/c1-6-7-14-25-21(29)20(17-10-8-13-19(28)15-17)27(18-11-9-12-18)22(30)16(2)26-23(31)32-24(3,4)5/h8,10,13,15-16,18,20,28H,6-7,9,11-12,14H2,1-5H3,(H,25,29)(H,26,31). The van der Waals surface area contributed by atoms with E-state index in [9.17, 15) is 19.5 Å². The van der Waals surface area contributed by atoms with Crippen molar-refractivity contribution in [3.05, 3.63) is 29.8 Å². The van der Waals surface area contributed by atoms with E-state index in [4.69, 9.17) is 4.74 Å². The van der Waals surface area contributed by atoms with Gasteiger partial charge in [0.15, 0.2) is 0 Å². The Morgan fingerprint density at radius 1 is 1.25 bits per heavy atom. The van der Waals surface area contributed by atoms with Crippen molar-refractivity contribution in [1.29, 1.82) is 0 Å². The SMILES string of the molecule is CCCCNC(=O)C(c1cccc(O)c1)N(C(=O)C(C)NC(=O)OC(C)(C)C)C1CCC1. The zero-order valence-electron chi connectivity index (χ0n) is 19.8. The second kappa shape index (κ2) is 11.2. The summed E-state index contributed by atoms with van der Waals surface area (Å²) in [5, 5.41) is 15.5. The first-order valence-electron chi connectivity index (χ1n) is 11.4. The molecule has 2 rings (SSSR count). The predicted molar refractivity (Wildman–Crippen MR) is 122 cm³/mol. The number of phenols is 1. The second-order valence-electron chi connectivity index (χ2n) is 9.34. The van der Waals surface area contributed by atoms with E-state index in [1.54, 1.807) is 44.7 Å². The molecule has 1 aliphatic carbocycles. The van der Waals surface area contributed by atoms with Crippen molar-refractivity contribution in [1.82, 2.24) is 15.5 Å². The molecular formula is C24H37N3O5. The Hall–Kier alpha value is -2.77. The first-order chi connectivity index (χ1) is 15.0. The zero-order chi connectivity index (χ0) is 23.9. The molecule has 32 heavy (non-hydrogen) atoms. The van der Waals surface area contributed by atoms with Gasteiger partial charge in [-0.1, -0.05) is 25.5 Å². The van der Waals surface area contributed by atoms with Crippen molar-refractivity contribution in [3.8, 4) is 5.75 Å². The van der Waals surface area contributed by atoms with Crippen LogP contribution in [0.25, 0.3) is 0 Å². The highest BCUT2D eigenvalue weighted by molar-refractivity contribution is 5.92. The van der Waals surface area contributed by atoms with Crippen LogP contribution in [0.4, 0.5) is 4.79 Å². The molecule has 0 saturated heterocycles. The first-order valence-corrected chi connectivity index (χ1v) is 11.4. The van der Waals surface area contributed by atoms with Crippen molar-refractivity contribution in [2.24, 2.45) is 0 Å². The number of carbonyl (C=O) groups is 3. The molecule has 1 saturated carbocycles. The third kappa shape index (κ3) is 7.14. The first kappa shape index (κ1) is 25.5. The third-order valence-electron chi connectivity index (χ3n) is 5.37. The molecule has 2 atom stereocenters. The number of nitrogens with one attached hydrogen (secondary N) is 2. The summed E-state index contributed by atoms with van der Waals surface area (Å²) < 4.78 is 5.28. The molecule has 1 aliphatic rings. The van der Waals surface area contributed by atoms with Crippen LogP contribution in [0.2, 0.25) is 0 Å². The summed E-state index contributed by atoms with van der Waals surface area (Å²) in [4.78, 5) is 40.6. The summed E-state index contributed by atoms with van der Waals surface area (Å²) in [5.74, 6) is -0.636. The Balaban J connectivity index is 2.32. The van der Waals surface area contributed by atoms with Crippen LogP contribution in [0.3, 0.4) is 0 Å². The van der Waals surface area contributed by atoms with Gasteiger partial charge in [0.05, 0.1) is 0 Å². The monoisotopic (exact) mass is 447 g/mol. The number of ether oxygens (including phenoxy) is 1. The number of hydrogen-bond acceptors (Lipinski definition) is 5. The van der Waals surface area contributed by atoms with Gasteiger partial charge in [-0.2, -0.15) is 0 Å². The minimum absolute atomic E-state index is 0.0230. The van der Waals surface area contributed by atoms with Gasteiger partial charge in [-0.3, -0.25) is 9.59 Å². The molecule has 0 heterocycles. The number of aromatic hydroxyl groups is 1. The van der Waals surface area contributed by atoms with E-state index in [0.717, 1.165) is 32.1 Å². The van der Waals surface area contributed by atoms with Gasteiger partial charge in [0.25, 0.3) is 0 Å². The third-order valence-corrected chi connectivity index (χ3v) is 5.37. The fourth-order valence-corrected chi connectivity index (χ4v) is 3.57. The number of rotatable bonds is 9. The molecule has 0 spiro atoms. The van der Waals surface area contributed by atoms with Crippen molar-refractivity contribution in [2.75, 3.05) is 6.54 Å². The number of benzene rings is 1. The predicted octanol–water partition coefficient (Wildman–Crippen LogP) is 3.64. The minimum Gasteiger partial charge on any atom is -0.508 e. The average Bonchev–Trinajstić information content (AvgIpc) is 2.64. The van der Waals surface area contributed by atoms with Crippen molar-refractivity contribution in [3.63, 3.8) is 0 Å². The Morgan fingerprint density at radius 2 is 1.94 bits per heavy atom. The molecule has 0 aromatic heterocycles. The fraction of sp³-hybridized carbons (Fsp3) is 0.625. The molecule has 0 bridgehead atoms. The maximum absolute atomic E-state index is 13.5. The fourth-order valence-electron chi connectivity index (χ4n) is 3.57.